The van der Waals surface area contributed by atoms with Crippen LogP contribution in [0, 0.1) is 16.0 Å². The van der Waals surface area contributed by atoms with E-state index in [-0.39, 0.29) is 28.9 Å². The normalized spacial score (nSPS) is 20.6. The third-order valence-corrected chi connectivity index (χ3v) is 3.53. The largest absolute Gasteiger partial charge is 0.465 e. The van der Waals surface area contributed by atoms with Gasteiger partial charge in [0.25, 0.3) is 5.69 Å². The van der Waals surface area contributed by atoms with Crippen molar-refractivity contribution in [3.63, 3.8) is 0 Å². The van der Waals surface area contributed by atoms with Crippen LogP contribution in [0.25, 0.3) is 0 Å². The zero-order valence-corrected chi connectivity index (χ0v) is 12.4. The maximum Gasteiger partial charge on any atom is 0.337 e. The van der Waals surface area contributed by atoms with E-state index < -0.39 is 10.9 Å². The van der Waals surface area contributed by atoms with Crippen molar-refractivity contribution < 1.29 is 23.9 Å². The highest BCUT2D eigenvalue weighted by atomic mass is 16.6. The van der Waals surface area contributed by atoms with Gasteiger partial charge in [0, 0.05) is 19.1 Å². The molecule has 0 radical (unpaired) electrons. The van der Waals surface area contributed by atoms with E-state index in [0.717, 1.165) is 0 Å². The minimum atomic E-state index is -0.547. The third kappa shape index (κ3) is 3.52. The first kappa shape index (κ1) is 16.2. The lowest BCUT2D eigenvalue weighted by atomic mass is 10.0. The summed E-state index contributed by atoms with van der Waals surface area (Å²) in [6.07, 6.45) is 0. The number of hydrogen-bond acceptors (Lipinski definition) is 7. The van der Waals surface area contributed by atoms with Gasteiger partial charge in [-0.25, -0.2) is 4.79 Å². The van der Waals surface area contributed by atoms with Crippen LogP contribution in [0.2, 0.25) is 0 Å². The maximum absolute atomic E-state index is 11.6. The number of carbonyl (C=O) groups excluding carboxylic acids is 1. The molecule has 8 nitrogen and oxygen atoms in total. The Labute approximate surface area is 127 Å². The number of nitrogens with zero attached hydrogens (tertiary/aromatic N) is 1. The molecule has 0 aromatic heterocycles. The van der Waals surface area contributed by atoms with E-state index in [1.54, 1.807) is 7.11 Å². The van der Waals surface area contributed by atoms with E-state index in [9.17, 15) is 14.9 Å². The van der Waals surface area contributed by atoms with Crippen LogP contribution in [0.5, 0.6) is 0 Å². The molecule has 0 aliphatic carbocycles. The van der Waals surface area contributed by atoms with Crippen LogP contribution >= 0.6 is 0 Å². The molecule has 8 heteroatoms. The molecule has 0 spiro atoms. The van der Waals surface area contributed by atoms with Crippen LogP contribution in [0.1, 0.15) is 10.4 Å². The van der Waals surface area contributed by atoms with Crippen molar-refractivity contribution in [3.05, 3.63) is 33.9 Å². The number of hydrogen-bond donors (Lipinski definition) is 1. The fourth-order valence-corrected chi connectivity index (χ4v) is 2.39. The second kappa shape index (κ2) is 7.19. The van der Waals surface area contributed by atoms with Crippen LogP contribution in [0.3, 0.4) is 0 Å². The number of nitro groups is 1. The third-order valence-electron chi connectivity index (χ3n) is 3.53. The van der Waals surface area contributed by atoms with Crippen LogP contribution in [0.15, 0.2) is 18.2 Å². The summed E-state index contributed by atoms with van der Waals surface area (Å²) in [6.45, 7) is 1.44. The van der Waals surface area contributed by atoms with E-state index in [4.69, 9.17) is 9.47 Å². The summed E-state index contributed by atoms with van der Waals surface area (Å²) in [4.78, 5) is 22.2. The molecule has 1 aliphatic heterocycles. The summed E-state index contributed by atoms with van der Waals surface area (Å²) < 4.78 is 15.2. The highest BCUT2D eigenvalue weighted by Gasteiger charge is 2.30. The average molecular weight is 310 g/mol. The first-order chi connectivity index (χ1) is 10.6. The monoisotopic (exact) mass is 310 g/mol. The summed E-state index contributed by atoms with van der Waals surface area (Å²) in [5.74, 6) is -0.458. The number of carbonyl (C=O) groups is 1. The zero-order chi connectivity index (χ0) is 16.1. The van der Waals surface area contributed by atoms with Crippen LogP contribution in [0.4, 0.5) is 11.4 Å². The van der Waals surface area contributed by atoms with Crippen molar-refractivity contribution in [1.29, 1.82) is 0 Å². The Hall–Kier alpha value is -2.19. The molecule has 2 rings (SSSR count). The van der Waals surface area contributed by atoms with E-state index in [2.05, 4.69) is 10.1 Å². The van der Waals surface area contributed by atoms with E-state index in [1.165, 1.54) is 25.3 Å². The molecule has 1 aromatic carbocycles. The van der Waals surface area contributed by atoms with Gasteiger partial charge in [0.15, 0.2) is 0 Å². The molecule has 1 saturated heterocycles. The fourth-order valence-electron chi connectivity index (χ4n) is 2.39. The lowest BCUT2D eigenvalue weighted by Gasteiger charge is -2.19. The number of benzene rings is 1. The van der Waals surface area contributed by atoms with E-state index in [0.29, 0.717) is 19.8 Å². The van der Waals surface area contributed by atoms with Crippen molar-refractivity contribution in [1.82, 2.24) is 0 Å². The molecule has 22 heavy (non-hydrogen) atoms. The van der Waals surface area contributed by atoms with Gasteiger partial charge in [0.2, 0.25) is 0 Å². The van der Waals surface area contributed by atoms with Crippen molar-refractivity contribution in [2.75, 3.05) is 39.4 Å². The average Bonchev–Trinajstić information content (AvgIpc) is 2.93. The van der Waals surface area contributed by atoms with Crippen LogP contribution in [-0.2, 0) is 14.2 Å². The highest BCUT2D eigenvalue weighted by molar-refractivity contribution is 5.91. The number of anilines is 1. The molecule has 2 unspecified atom stereocenters. The van der Waals surface area contributed by atoms with Gasteiger partial charge in [0.05, 0.1) is 43.5 Å². The molecule has 1 fully saturated rings. The second-order valence-corrected chi connectivity index (χ2v) is 4.98. The Morgan fingerprint density at radius 2 is 2.23 bits per heavy atom. The molecular weight excluding hydrogens is 292 g/mol. The van der Waals surface area contributed by atoms with E-state index in [1.807, 2.05) is 0 Å². The smallest absolute Gasteiger partial charge is 0.337 e. The van der Waals surface area contributed by atoms with Crippen LogP contribution < -0.4 is 5.32 Å². The predicted octanol–water partition coefficient (Wildman–Crippen LogP) is 1.45. The summed E-state index contributed by atoms with van der Waals surface area (Å²) in [6, 6.07) is 3.96. The Morgan fingerprint density at radius 3 is 2.86 bits per heavy atom. The van der Waals surface area contributed by atoms with Gasteiger partial charge in [0.1, 0.15) is 5.69 Å². The van der Waals surface area contributed by atoms with Gasteiger partial charge in [-0.1, -0.05) is 0 Å². The van der Waals surface area contributed by atoms with Gasteiger partial charge >= 0.3 is 5.97 Å². The standard InChI is InChI=1S/C14H18N2O6/c1-20-6-10-7-22-8-12(10)15-11-5-9(14(17)21-2)3-4-13(11)16(18)19/h3-5,10,12,15H,6-8H2,1-2H3. The van der Waals surface area contributed by atoms with Gasteiger partial charge in [-0.3, -0.25) is 10.1 Å². The summed E-state index contributed by atoms with van der Waals surface area (Å²) >= 11 is 0. The fraction of sp³-hybridized carbons (Fsp3) is 0.500. The maximum atomic E-state index is 11.6. The first-order valence-electron chi connectivity index (χ1n) is 6.76. The van der Waals surface area contributed by atoms with Crippen molar-refractivity contribution in [3.8, 4) is 0 Å². The Bertz CT molecular complexity index is 562. The van der Waals surface area contributed by atoms with Gasteiger partial charge in [-0.05, 0) is 12.1 Å². The lowest BCUT2D eigenvalue weighted by molar-refractivity contribution is -0.384. The minimum Gasteiger partial charge on any atom is -0.465 e. The SMILES string of the molecule is COCC1COCC1Nc1cc(C(=O)OC)ccc1[N+](=O)[O-]. The van der Waals surface area contributed by atoms with Gasteiger partial charge in [-0.15, -0.1) is 0 Å². The Kier molecular flexibility index (Phi) is 5.29. The molecule has 120 valence electrons. The predicted molar refractivity (Wildman–Crippen MR) is 78.0 cm³/mol. The second-order valence-electron chi connectivity index (χ2n) is 4.98. The topological polar surface area (TPSA) is 99.9 Å². The Morgan fingerprint density at radius 1 is 1.45 bits per heavy atom. The minimum absolute atomic E-state index is 0.0892. The van der Waals surface area contributed by atoms with Gasteiger partial charge < -0.3 is 19.5 Å². The molecule has 1 heterocycles. The number of esters is 1. The molecule has 1 aliphatic rings. The molecule has 0 saturated carbocycles. The highest BCUT2D eigenvalue weighted by Crippen LogP contribution is 2.29. The number of methoxy groups -OCH3 is 2. The van der Waals surface area contributed by atoms with Crippen molar-refractivity contribution >= 4 is 17.3 Å². The number of nitrogens with one attached hydrogen (secondary N) is 1. The summed E-state index contributed by atoms with van der Waals surface area (Å²) in [7, 11) is 2.85. The first-order valence-corrected chi connectivity index (χ1v) is 6.76. The molecule has 2 atom stereocenters. The number of ether oxygens (including phenoxy) is 3. The number of nitro benzene ring substituents is 1. The zero-order valence-electron chi connectivity index (χ0n) is 12.4. The molecular formula is C14H18N2O6. The number of rotatable bonds is 6. The summed E-state index contributed by atoms with van der Waals surface area (Å²) in [5, 5.41) is 14.2. The summed E-state index contributed by atoms with van der Waals surface area (Å²) in [5.41, 5.74) is 0.415. The molecule has 0 amide bonds. The molecule has 1 N–H and O–H groups in total. The van der Waals surface area contributed by atoms with Crippen LogP contribution in [-0.4, -0.2) is 51.0 Å². The van der Waals surface area contributed by atoms with Gasteiger partial charge in [-0.2, -0.15) is 0 Å². The quantitative estimate of drug-likeness (QED) is 0.482. The van der Waals surface area contributed by atoms with Crippen molar-refractivity contribution in [2.24, 2.45) is 5.92 Å². The van der Waals surface area contributed by atoms with E-state index >= 15 is 0 Å². The van der Waals surface area contributed by atoms with Crippen molar-refractivity contribution in [2.45, 2.75) is 6.04 Å². The molecule has 0 bridgehead atoms. The lowest BCUT2D eigenvalue weighted by Crippen LogP contribution is -2.31. The Balaban J connectivity index is 2.26. The molecule has 1 aromatic rings.